The second-order valence-corrected chi connectivity index (χ2v) is 11.6. The van der Waals surface area contributed by atoms with Crippen LogP contribution < -0.4 is 10.1 Å². The van der Waals surface area contributed by atoms with Crippen molar-refractivity contribution in [3.8, 4) is 17.5 Å². The van der Waals surface area contributed by atoms with Crippen molar-refractivity contribution in [2.45, 2.75) is 95.7 Å². The highest BCUT2D eigenvalue weighted by Gasteiger charge is 2.62. The van der Waals surface area contributed by atoms with E-state index in [1.165, 1.54) is 39.8 Å². The lowest BCUT2D eigenvalue weighted by Crippen LogP contribution is -2.47. The molecule has 246 valence electrons. The van der Waals surface area contributed by atoms with Crippen LogP contribution in [0.4, 0.5) is 36.8 Å². The number of nitrogens with one attached hydrogen (secondary N) is 1. The minimum atomic E-state index is -5.21. The van der Waals surface area contributed by atoms with Crippen molar-refractivity contribution in [1.29, 1.82) is 0 Å². The molecule has 1 aliphatic heterocycles. The number of alkyl halides is 6. The van der Waals surface area contributed by atoms with Crippen LogP contribution in [0.15, 0.2) is 40.8 Å². The van der Waals surface area contributed by atoms with Crippen molar-refractivity contribution in [3.63, 3.8) is 0 Å². The number of ether oxygens (including phenoxy) is 3. The Balaban J connectivity index is 1.91. The number of carbonyl (C=O) groups is 1. The van der Waals surface area contributed by atoms with Crippen LogP contribution in [-0.2, 0) is 27.9 Å². The lowest BCUT2D eigenvalue weighted by molar-refractivity contribution is -0.305. The van der Waals surface area contributed by atoms with Gasteiger partial charge in [-0.3, -0.25) is 5.32 Å². The first-order chi connectivity index (χ1) is 20.9. The third-order valence-corrected chi connectivity index (χ3v) is 6.67. The maximum absolute atomic E-state index is 15.0. The van der Waals surface area contributed by atoms with Gasteiger partial charge in [0, 0.05) is 6.42 Å². The van der Waals surface area contributed by atoms with Gasteiger partial charge in [0.25, 0.3) is 11.8 Å². The van der Waals surface area contributed by atoms with E-state index >= 15 is 0 Å². The fraction of sp³-hybridized carbons (Fsp3) is 0.517. The summed E-state index contributed by atoms with van der Waals surface area (Å²) in [6, 6.07) is 8.43. The van der Waals surface area contributed by atoms with Crippen molar-refractivity contribution in [1.82, 2.24) is 15.2 Å². The Morgan fingerprint density at radius 2 is 1.78 bits per heavy atom. The van der Waals surface area contributed by atoms with Crippen LogP contribution in [0.5, 0.6) is 5.88 Å². The molecule has 0 saturated heterocycles. The summed E-state index contributed by atoms with van der Waals surface area (Å²) in [5.41, 5.74) is -6.66. The van der Waals surface area contributed by atoms with E-state index in [2.05, 4.69) is 20.5 Å². The van der Waals surface area contributed by atoms with Crippen molar-refractivity contribution < 1.29 is 54.9 Å². The molecule has 16 heteroatoms. The van der Waals surface area contributed by atoms with E-state index < -0.39 is 89.5 Å². The number of hydrogen-bond acceptors (Lipinski definition) is 9. The average molecular weight is 647 g/mol. The summed E-state index contributed by atoms with van der Waals surface area (Å²) < 4.78 is 109. The van der Waals surface area contributed by atoms with Gasteiger partial charge >= 0.3 is 18.4 Å². The molecule has 3 atom stereocenters. The van der Waals surface area contributed by atoms with Gasteiger partial charge in [-0.2, -0.15) is 26.3 Å². The fourth-order valence-corrected chi connectivity index (χ4v) is 4.58. The molecule has 45 heavy (non-hydrogen) atoms. The van der Waals surface area contributed by atoms with Gasteiger partial charge in [0.15, 0.2) is 5.69 Å². The molecule has 1 unspecified atom stereocenters. The molecule has 2 N–H and O–H groups in total. The van der Waals surface area contributed by atoms with Gasteiger partial charge in [0.05, 0.1) is 24.5 Å². The number of halogens is 6. The molecule has 10 nitrogen and oxygen atoms in total. The summed E-state index contributed by atoms with van der Waals surface area (Å²) >= 11 is 0. The van der Waals surface area contributed by atoms with Gasteiger partial charge in [-0.05, 0) is 58.6 Å². The molecule has 0 aliphatic carbocycles. The topological polar surface area (TPSA) is 129 Å². The zero-order valence-corrected chi connectivity index (χ0v) is 24.8. The van der Waals surface area contributed by atoms with Crippen LogP contribution in [0.2, 0.25) is 0 Å². The third-order valence-electron chi connectivity index (χ3n) is 6.67. The zero-order chi connectivity index (χ0) is 33.2. The maximum Gasteiger partial charge on any atom is 0.426 e. The molecule has 4 bridgehead atoms. The Hall–Kier alpha value is -3.92. The van der Waals surface area contributed by atoms with Gasteiger partial charge in [0.2, 0.25) is 11.5 Å². The van der Waals surface area contributed by atoms with Crippen LogP contribution in [0, 0.1) is 0 Å². The Bertz CT molecular complexity index is 1470. The predicted molar refractivity (Wildman–Crippen MR) is 146 cm³/mol. The number of aromatic nitrogens is 3. The number of hydrogen-bond donors (Lipinski definition) is 2. The van der Waals surface area contributed by atoms with E-state index in [4.69, 9.17) is 18.6 Å². The summed E-state index contributed by atoms with van der Waals surface area (Å²) in [5.74, 6) is -2.84. The number of carbonyl (C=O) groups excluding carboxylic acids is 1. The van der Waals surface area contributed by atoms with Crippen molar-refractivity contribution in [3.05, 3.63) is 53.4 Å². The number of anilines is 1. The zero-order valence-electron chi connectivity index (χ0n) is 24.8. The first-order valence-electron chi connectivity index (χ1n) is 13.9. The summed E-state index contributed by atoms with van der Waals surface area (Å²) in [6.07, 6.45) is -15.0. The quantitative estimate of drug-likeness (QED) is 0.283. The van der Waals surface area contributed by atoms with Crippen LogP contribution in [-0.4, -0.2) is 50.4 Å². The third kappa shape index (κ3) is 8.22. The molecule has 0 radical (unpaired) electrons. The van der Waals surface area contributed by atoms with E-state index in [0.29, 0.717) is 11.6 Å². The molecule has 3 aromatic rings. The average Bonchev–Trinajstić information content (AvgIpc) is 3.40. The van der Waals surface area contributed by atoms with Gasteiger partial charge in [-0.15, -0.1) is 10.2 Å². The molecule has 0 fully saturated rings. The lowest BCUT2D eigenvalue weighted by atomic mass is 9.92. The number of pyridine rings is 1. The first-order valence-corrected chi connectivity index (χ1v) is 13.9. The monoisotopic (exact) mass is 646 g/mol. The highest BCUT2D eigenvalue weighted by atomic mass is 19.4. The molecule has 4 rings (SSSR count). The van der Waals surface area contributed by atoms with Gasteiger partial charge in [-0.1, -0.05) is 30.3 Å². The van der Waals surface area contributed by atoms with E-state index in [1.54, 1.807) is 18.2 Å². The molecule has 3 heterocycles. The summed E-state index contributed by atoms with van der Waals surface area (Å²) in [6.45, 7) is 5.42. The highest BCUT2D eigenvalue weighted by molar-refractivity contribution is 5.89. The highest BCUT2D eigenvalue weighted by Crippen LogP contribution is 2.48. The van der Waals surface area contributed by atoms with Crippen LogP contribution in [0.3, 0.4) is 0 Å². The first kappa shape index (κ1) is 34.0. The Labute approximate surface area is 254 Å². The van der Waals surface area contributed by atoms with Crippen molar-refractivity contribution in [2.75, 3.05) is 5.32 Å². The molecular formula is C29H32F6N4O6. The van der Waals surface area contributed by atoms with Crippen LogP contribution in [0.1, 0.15) is 70.4 Å². The number of amides is 1. The molecule has 1 aromatic carbocycles. The summed E-state index contributed by atoms with van der Waals surface area (Å²) in [7, 11) is 0. The Morgan fingerprint density at radius 3 is 2.40 bits per heavy atom. The fourth-order valence-electron chi connectivity index (χ4n) is 4.58. The summed E-state index contributed by atoms with van der Waals surface area (Å²) in [4.78, 5) is 16.5. The van der Waals surface area contributed by atoms with Crippen molar-refractivity contribution >= 4 is 11.8 Å². The Kier molecular flexibility index (Phi) is 9.68. The number of aliphatic hydroxyl groups is 1. The van der Waals surface area contributed by atoms with Crippen LogP contribution in [0.25, 0.3) is 11.6 Å². The van der Waals surface area contributed by atoms with Crippen LogP contribution >= 0.6 is 0 Å². The number of rotatable bonds is 4. The molecular weight excluding hydrogens is 614 g/mol. The SMILES string of the molecule is C[C@@H]1CCCC(O)C[C@](OCc2ccccc2)(C(F)(F)F)c2nnc(o2)-c2nc(c(C(F)(F)F)cc2NC(=O)OC(C)(C)C)O1. The number of fused-ring (bicyclic) bond motifs is 5. The molecule has 1 aliphatic rings. The Morgan fingerprint density at radius 1 is 1.09 bits per heavy atom. The number of benzene rings is 1. The van der Waals surface area contributed by atoms with Gasteiger partial charge in [-0.25, -0.2) is 9.78 Å². The second kappa shape index (κ2) is 12.8. The molecule has 0 spiro atoms. The van der Waals surface area contributed by atoms with E-state index in [0.717, 1.165) is 0 Å². The standard InChI is InChI=1S/C29H32F6N4O6/c1-16-9-8-12-18(40)14-27(29(33,34)35,42-15-17-10-6-5-7-11-17)24-39-38-23(44-24)21-20(36-25(41)45-26(2,3)4)13-19(28(30,31)32)22(37-21)43-16/h5-7,10-11,13,16,18,40H,8-9,12,14-15H2,1-4H3,(H,36,41)/t16-,18?,27-/m1/s1. The second-order valence-electron chi connectivity index (χ2n) is 11.6. The van der Waals surface area contributed by atoms with Crippen molar-refractivity contribution in [2.24, 2.45) is 0 Å². The summed E-state index contributed by atoms with van der Waals surface area (Å²) in [5, 5.41) is 20.1. The molecule has 0 saturated carbocycles. The molecule has 1 amide bonds. The smallest absolute Gasteiger partial charge is 0.426 e. The van der Waals surface area contributed by atoms with Gasteiger partial charge in [0.1, 0.15) is 11.2 Å². The lowest BCUT2D eigenvalue weighted by Gasteiger charge is -2.34. The number of aliphatic hydroxyl groups excluding tert-OH is 1. The maximum atomic E-state index is 15.0. The number of nitrogens with zero attached hydrogens (tertiary/aromatic N) is 3. The largest absolute Gasteiger partial charge is 0.474 e. The van der Waals surface area contributed by atoms with E-state index in [-0.39, 0.29) is 19.3 Å². The minimum absolute atomic E-state index is 0.0611. The molecule has 2 aromatic heterocycles. The van der Waals surface area contributed by atoms with Gasteiger partial charge < -0.3 is 23.7 Å². The predicted octanol–water partition coefficient (Wildman–Crippen LogP) is 7.17. The van der Waals surface area contributed by atoms with E-state index in [1.807, 2.05) is 0 Å². The normalized spacial score (nSPS) is 21.4. The minimum Gasteiger partial charge on any atom is -0.474 e. The van der Waals surface area contributed by atoms with E-state index in [9.17, 15) is 36.2 Å².